The Labute approximate surface area is 174 Å². The number of carbonyl (C=O) groups is 4. The lowest BCUT2D eigenvalue weighted by molar-refractivity contribution is -0.139. The topological polar surface area (TPSA) is 219 Å². The SMILES string of the molecule is C[C@H](O)[C@@H](NC(=O)[C@@H](CCCNC(=N)N)NC(=O)[C@H]1CCCN1)C(=O)NCC(=O)O. The first-order valence-electron chi connectivity index (χ1n) is 9.71. The van der Waals surface area contributed by atoms with Crippen molar-refractivity contribution in [3.63, 3.8) is 0 Å². The second-order valence-electron chi connectivity index (χ2n) is 7.03. The molecule has 0 saturated carbocycles. The van der Waals surface area contributed by atoms with Gasteiger partial charge in [-0.3, -0.25) is 24.6 Å². The van der Waals surface area contributed by atoms with Gasteiger partial charge in [-0.15, -0.1) is 0 Å². The van der Waals surface area contributed by atoms with Crippen LogP contribution in [0.3, 0.4) is 0 Å². The van der Waals surface area contributed by atoms with Crippen LogP contribution in [-0.2, 0) is 19.2 Å². The Balaban J connectivity index is 2.78. The van der Waals surface area contributed by atoms with Crippen molar-refractivity contribution in [2.45, 2.75) is 56.8 Å². The zero-order chi connectivity index (χ0) is 22.7. The van der Waals surface area contributed by atoms with Crippen molar-refractivity contribution < 1.29 is 29.4 Å². The fourth-order valence-corrected chi connectivity index (χ4v) is 2.91. The smallest absolute Gasteiger partial charge is 0.322 e. The first-order valence-corrected chi connectivity index (χ1v) is 9.71. The molecule has 1 rings (SSSR count). The second-order valence-corrected chi connectivity index (χ2v) is 7.03. The van der Waals surface area contributed by atoms with E-state index in [-0.39, 0.29) is 18.3 Å². The van der Waals surface area contributed by atoms with Crippen LogP contribution in [0.25, 0.3) is 0 Å². The van der Waals surface area contributed by atoms with Crippen LogP contribution in [0, 0.1) is 5.41 Å². The number of carboxylic acid groups (broad SMARTS) is 1. The molecule has 0 radical (unpaired) electrons. The predicted molar refractivity (Wildman–Crippen MR) is 106 cm³/mol. The molecule has 0 aliphatic carbocycles. The summed E-state index contributed by atoms with van der Waals surface area (Å²) < 4.78 is 0. The minimum absolute atomic E-state index is 0.188. The molecule has 4 atom stereocenters. The summed E-state index contributed by atoms with van der Waals surface area (Å²) in [4.78, 5) is 47.9. The molecule has 30 heavy (non-hydrogen) atoms. The third-order valence-corrected chi connectivity index (χ3v) is 4.47. The highest BCUT2D eigenvalue weighted by atomic mass is 16.4. The molecule has 0 unspecified atom stereocenters. The van der Waals surface area contributed by atoms with Crippen molar-refractivity contribution in [1.82, 2.24) is 26.6 Å². The normalized spacial score (nSPS) is 18.5. The van der Waals surface area contributed by atoms with E-state index in [2.05, 4.69) is 26.6 Å². The van der Waals surface area contributed by atoms with Gasteiger partial charge in [-0.2, -0.15) is 0 Å². The first kappa shape index (κ1) is 25.1. The van der Waals surface area contributed by atoms with Crippen LogP contribution in [0.2, 0.25) is 0 Å². The molecule has 13 nitrogen and oxygen atoms in total. The van der Waals surface area contributed by atoms with Gasteiger partial charge in [0, 0.05) is 6.54 Å². The maximum atomic E-state index is 12.7. The van der Waals surface area contributed by atoms with Gasteiger partial charge in [0.15, 0.2) is 5.96 Å². The molecular weight excluding hydrogens is 398 g/mol. The summed E-state index contributed by atoms with van der Waals surface area (Å²) in [7, 11) is 0. The summed E-state index contributed by atoms with van der Waals surface area (Å²) >= 11 is 0. The molecule has 1 fully saturated rings. The molecule has 1 aliphatic rings. The van der Waals surface area contributed by atoms with Crippen molar-refractivity contribution in [3.05, 3.63) is 0 Å². The quantitative estimate of drug-likeness (QED) is 0.0854. The van der Waals surface area contributed by atoms with Crippen molar-refractivity contribution in [2.24, 2.45) is 5.73 Å². The Morgan fingerprint density at radius 2 is 1.90 bits per heavy atom. The third kappa shape index (κ3) is 9.05. The van der Waals surface area contributed by atoms with E-state index in [4.69, 9.17) is 16.2 Å². The monoisotopic (exact) mass is 429 g/mol. The van der Waals surface area contributed by atoms with Crippen LogP contribution in [-0.4, -0.2) is 83.7 Å². The number of carbonyl (C=O) groups excluding carboxylic acids is 3. The van der Waals surface area contributed by atoms with Crippen molar-refractivity contribution in [1.29, 1.82) is 5.41 Å². The Morgan fingerprint density at radius 1 is 1.20 bits per heavy atom. The average Bonchev–Trinajstić information content (AvgIpc) is 3.20. The zero-order valence-electron chi connectivity index (χ0n) is 16.9. The second kappa shape index (κ2) is 12.6. The molecule has 1 saturated heterocycles. The highest BCUT2D eigenvalue weighted by Gasteiger charge is 2.31. The van der Waals surface area contributed by atoms with Gasteiger partial charge in [-0.25, -0.2) is 0 Å². The summed E-state index contributed by atoms with van der Waals surface area (Å²) in [6, 6.07) is -2.81. The van der Waals surface area contributed by atoms with Gasteiger partial charge in [0.2, 0.25) is 17.7 Å². The summed E-state index contributed by atoms with van der Waals surface area (Å²) in [5.74, 6) is -3.40. The average molecular weight is 429 g/mol. The third-order valence-electron chi connectivity index (χ3n) is 4.47. The maximum Gasteiger partial charge on any atom is 0.322 e. The van der Waals surface area contributed by atoms with E-state index in [9.17, 15) is 24.3 Å². The standard InChI is InChI=1S/C17H31N7O6/c1-9(25)13(16(30)22-8-12(26)27)24-15(29)11(5-3-7-21-17(18)19)23-14(28)10-4-2-6-20-10/h9-11,13,20,25H,2-8H2,1H3,(H,22,30)(H,23,28)(H,24,29)(H,26,27)(H4,18,19,21)/t9-,10+,11+,13+/m0/s1. The molecule has 0 aromatic carbocycles. The van der Waals surface area contributed by atoms with E-state index in [1.807, 2.05) is 0 Å². The summed E-state index contributed by atoms with van der Waals surface area (Å²) in [6.45, 7) is 1.61. The highest BCUT2D eigenvalue weighted by Crippen LogP contribution is 2.07. The minimum Gasteiger partial charge on any atom is -0.480 e. The van der Waals surface area contributed by atoms with E-state index in [0.29, 0.717) is 25.9 Å². The summed E-state index contributed by atoms with van der Waals surface area (Å²) in [5.41, 5.74) is 5.22. The van der Waals surface area contributed by atoms with Crippen LogP contribution in [0.1, 0.15) is 32.6 Å². The van der Waals surface area contributed by atoms with E-state index >= 15 is 0 Å². The molecule has 0 spiro atoms. The molecule has 1 heterocycles. The molecule has 10 N–H and O–H groups in total. The zero-order valence-corrected chi connectivity index (χ0v) is 16.9. The molecule has 170 valence electrons. The molecule has 0 aromatic heterocycles. The Hall–Kier alpha value is -2.93. The fourth-order valence-electron chi connectivity index (χ4n) is 2.91. The van der Waals surface area contributed by atoms with Gasteiger partial charge in [-0.05, 0) is 39.2 Å². The van der Waals surface area contributed by atoms with E-state index in [0.717, 1.165) is 6.42 Å². The van der Waals surface area contributed by atoms with Gasteiger partial charge in [0.05, 0.1) is 12.1 Å². The fraction of sp³-hybridized carbons (Fsp3) is 0.706. The van der Waals surface area contributed by atoms with Crippen LogP contribution < -0.4 is 32.3 Å². The number of nitrogens with one attached hydrogen (secondary N) is 6. The van der Waals surface area contributed by atoms with Crippen molar-refractivity contribution in [2.75, 3.05) is 19.6 Å². The van der Waals surface area contributed by atoms with Crippen molar-refractivity contribution >= 4 is 29.7 Å². The lowest BCUT2D eigenvalue weighted by Crippen LogP contribution is -2.58. The predicted octanol–water partition coefficient (Wildman–Crippen LogP) is -3.45. The number of amides is 3. The number of nitrogens with two attached hydrogens (primary N) is 1. The van der Waals surface area contributed by atoms with Gasteiger partial charge < -0.3 is 42.5 Å². The van der Waals surface area contributed by atoms with E-state index in [1.54, 1.807) is 0 Å². The number of aliphatic carboxylic acids is 1. The number of hydrogen-bond acceptors (Lipinski definition) is 7. The van der Waals surface area contributed by atoms with Crippen molar-refractivity contribution in [3.8, 4) is 0 Å². The summed E-state index contributed by atoms with van der Waals surface area (Å²) in [6.07, 6.45) is 0.759. The van der Waals surface area contributed by atoms with E-state index < -0.39 is 48.6 Å². The lowest BCUT2D eigenvalue weighted by atomic mass is 10.1. The summed E-state index contributed by atoms with van der Waals surface area (Å²) in [5, 5.41) is 38.4. The molecule has 0 bridgehead atoms. The largest absolute Gasteiger partial charge is 0.480 e. The Bertz CT molecular complexity index is 636. The number of aliphatic hydroxyl groups is 1. The number of guanidine groups is 1. The number of rotatable bonds is 12. The molecule has 13 heteroatoms. The molecule has 3 amide bonds. The van der Waals surface area contributed by atoms with Crippen LogP contribution in [0.15, 0.2) is 0 Å². The van der Waals surface area contributed by atoms with E-state index in [1.165, 1.54) is 6.92 Å². The maximum absolute atomic E-state index is 12.7. The van der Waals surface area contributed by atoms with Gasteiger partial charge >= 0.3 is 5.97 Å². The lowest BCUT2D eigenvalue weighted by Gasteiger charge is -2.25. The van der Waals surface area contributed by atoms with Crippen LogP contribution in [0.5, 0.6) is 0 Å². The Morgan fingerprint density at radius 3 is 2.43 bits per heavy atom. The molecule has 0 aromatic rings. The highest BCUT2D eigenvalue weighted by molar-refractivity contribution is 5.94. The van der Waals surface area contributed by atoms with Crippen LogP contribution >= 0.6 is 0 Å². The molecular formula is C17H31N7O6. The number of aliphatic hydroxyl groups excluding tert-OH is 1. The number of hydrogen-bond donors (Lipinski definition) is 9. The number of carboxylic acids is 1. The van der Waals surface area contributed by atoms with Gasteiger partial charge in [0.25, 0.3) is 0 Å². The van der Waals surface area contributed by atoms with Gasteiger partial charge in [0.1, 0.15) is 18.6 Å². The first-order chi connectivity index (χ1) is 14.1. The minimum atomic E-state index is -1.39. The van der Waals surface area contributed by atoms with Gasteiger partial charge in [-0.1, -0.05) is 0 Å². The Kier molecular flexibility index (Phi) is 10.5. The van der Waals surface area contributed by atoms with Crippen LogP contribution in [0.4, 0.5) is 0 Å². The molecule has 1 aliphatic heterocycles.